The van der Waals surface area contributed by atoms with Crippen LogP contribution in [-0.2, 0) is 5.41 Å². The van der Waals surface area contributed by atoms with Crippen molar-refractivity contribution in [1.82, 2.24) is 0 Å². The predicted octanol–water partition coefficient (Wildman–Crippen LogP) is 18.1. The summed E-state index contributed by atoms with van der Waals surface area (Å²) in [6, 6.07) is 77.3. The van der Waals surface area contributed by atoms with Crippen LogP contribution in [0.4, 0.5) is 17.1 Å². The Hall–Kier alpha value is -8.40. The van der Waals surface area contributed by atoms with E-state index in [1.807, 2.05) is 18.2 Å². The van der Waals surface area contributed by atoms with Gasteiger partial charge >= 0.3 is 0 Å². The van der Waals surface area contributed by atoms with Gasteiger partial charge in [0.15, 0.2) is 0 Å². The van der Waals surface area contributed by atoms with Gasteiger partial charge in [0.2, 0.25) is 0 Å². The fraction of sp³-hybridized carbons (Fsp3) is 0.0476. The highest BCUT2D eigenvalue weighted by Crippen LogP contribution is 2.52. The number of para-hydroxylation sites is 4. The van der Waals surface area contributed by atoms with Gasteiger partial charge in [-0.1, -0.05) is 166 Å². The quantitative estimate of drug-likeness (QED) is 0.162. The van der Waals surface area contributed by atoms with Gasteiger partial charge in [0.25, 0.3) is 0 Å². The molecule has 0 saturated carbocycles. The minimum atomic E-state index is -0.157. The zero-order valence-electron chi connectivity index (χ0n) is 36.5. The Morgan fingerprint density at radius 1 is 0.333 bits per heavy atom. The monoisotopic (exact) mass is 843 g/mol. The summed E-state index contributed by atoms with van der Waals surface area (Å²) in [6.45, 7) is 4.72. The van der Waals surface area contributed by atoms with Crippen molar-refractivity contribution in [3.8, 4) is 33.4 Å². The van der Waals surface area contributed by atoms with Crippen LogP contribution < -0.4 is 4.90 Å². The van der Waals surface area contributed by atoms with Crippen LogP contribution in [0.1, 0.15) is 25.0 Å². The second-order valence-electron chi connectivity index (χ2n) is 18.3. The molecule has 0 aliphatic heterocycles. The van der Waals surface area contributed by atoms with Crippen LogP contribution in [0.3, 0.4) is 0 Å². The van der Waals surface area contributed by atoms with E-state index in [0.717, 1.165) is 77.8 Å². The third-order valence-corrected chi connectivity index (χ3v) is 14.5. The lowest BCUT2D eigenvalue weighted by Crippen LogP contribution is -2.16. The summed E-state index contributed by atoms with van der Waals surface area (Å²) < 4.78 is 13.0. The normalized spacial score (nSPS) is 13.1. The van der Waals surface area contributed by atoms with E-state index in [1.54, 1.807) is 0 Å². The van der Waals surface area contributed by atoms with Crippen molar-refractivity contribution in [1.29, 1.82) is 0 Å². The van der Waals surface area contributed by atoms with Gasteiger partial charge < -0.3 is 13.7 Å². The van der Waals surface area contributed by atoms with Crippen LogP contribution in [0.25, 0.3) is 110 Å². The van der Waals surface area contributed by atoms with Crippen LogP contribution >= 0.6 is 0 Å². The number of anilines is 3. The summed E-state index contributed by atoms with van der Waals surface area (Å²) in [6.07, 6.45) is 0. The Bertz CT molecular complexity index is 4150. The molecular weight excluding hydrogens is 803 g/mol. The lowest BCUT2D eigenvalue weighted by atomic mass is 9.82. The van der Waals surface area contributed by atoms with Gasteiger partial charge in [0.1, 0.15) is 22.3 Å². The molecule has 3 heteroatoms. The third-order valence-electron chi connectivity index (χ3n) is 14.5. The summed E-state index contributed by atoms with van der Waals surface area (Å²) in [7, 11) is 0. The van der Waals surface area contributed by atoms with E-state index in [-0.39, 0.29) is 5.41 Å². The van der Waals surface area contributed by atoms with Crippen molar-refractivity contribution < 1.29 is 8.83 Å². The first-order valence-corrected chi connectivity index (χ1v) is 22.8. The zero-order chi connectivity index (χ0) is 43.7. The Balaban J connectivity index is 0.979. The zero-order valence-corrected chi connectivity index (χ0v) is 36.5. The second-order valence-corrected chi connectivity index (χ2v) is 18.3. The number of furan rings is 2. The van der Waals surface area contributed by atoms with Crippen molar-refractivity contribution in [2.75, 3.05) is 4.90 Å². The fourth-order valence-corrected chi connectivity index (χ4v) is 11.4. The standard InChI is InChI=1S/C63H41NO2/c1-63(2)54-22-9-5-16-46(54)47-33-31-41(37-55(47)63)64(40-29-26-38(27-30-40)43-20-13-21-51-48-17-7-11-24-57(48)66-62(43)51)56-23-10-6-14-42(56)39-28-32-45-44-15-3-4-18-49(44)60-50(53(45)36-39)34-35-59-61(60)52-19-8-12-25-58(52)65-59/h3-37H,1-2H3. The molecule has 0 radical (unpaired) electrons. The van der Waals surface area contributed by atoms with Gasteiger partial charge in [-0.25, -0.2) is 0 Å². The van der Waals surface area contributed by atoms with Crippen molar-refractivity contribution in [2.45, 2.75) is 19.3 Å². The highest BCUT2D eigenvalue weighted by Gasteiger charge is 2.36. The SMILES string of the molecule is CC1(C)c2ccccc2-c2ccc(N(c3ccc(-c4cccc5c4oc4ccccc45)cc3)c3ccccc3-c3ccc4c5ccccc5c5c(ccc6oc7ccccc7c65)c4c3)cc21. The van der Waals surface area contributed by atoms with E-state index in [0.29, 0.717) is 0 Å². The summed E-state index contributed by atoms with van der Waals surface area (Å²) in [4.78, 5) is 2.45. The Labute approximate surface area is 381 Å². The minimum Gasteiger partial charge on any atom is -0.456 e. The van der Waals surface area contributed by atoms with Gasteiger partial charge in [0.05, 0.1) is 5.69 Å². The van der Waals surface area contributed by atoms with Crippen molar-refractivity contribution in [2.24, 2.45) is 0 Å². The van der Waals surface area contributed by atoms with Crippen LogP contribution in [0.5, 0.6) is 0 Å². The highest BCUT2D eigenvalue weighted by molar-refractivity contribution is 6.34. The van der Waals surface area contributed by atoms with Crippen LogP contribution in [0.15, 0.2) is 221 Å². The summed E-state index contributed by atoms with van der Waals surface area (Å²) in [5, 5.41) is 11.9. The van der Waals surface area contributed by atoms with Gasteiger partial charge in [-0.2, -0.15) is 0 Å². The van der Waals surface area contributed by atoms with E-state index >= 15 is 0 Å². The Morgan fingerprint density at radius 2 is 0.924 bits per heavy atom. The Kier molecular flexibility index (Phi) is 7.74. The van der Waals surface area contributed by atoms with Crippen LogP contribution in [-0.4, -0.2) is 0 Å². The first-order valence-electron chi connectivity index (χ1n) is 22.8. The molecule has 0 spiro atoms. The molecule has 11 aromatic carbocycles. The van der Waals surface area contributed by atoms with E-state index < -0.39 is 0 Å². The average molecular weight is 844 g/mol. The molecule has 13 aromatic rings. The summed E-state index contributed by atoms with van der Waals surface area (Å²) in [5.41, 5.74) is 16.6. The molecule has 1 aliphatic carbocycles. The number of nitrogens with zero attached hydrogens (tertiary/aromatic N) is 1. The van der Waals surface area contributed by atoms with Gasteiger partial charge in [0, 0.05) is 54.8 Å². The lowest BCUT2D eigenvalue weighted by molar-refractivity contribution is 0.660. The van der Waals surface area contributed by atoms with Crippen LogP contribution in [0.2, 0.25) is 0 Å². The molecule has 2 aromatic heterocycles. The predicted molar refractivity (Wildman–Crippen MR) is 277 cm³/mol. The molecule has 1 aliphatic rings. The number of fused-ring (bicyclic) bond motifs is 16. The first-order chi connectivity index (χ1) is 32.5. The molecule has 0 atom stereocenters. The number of benzene rings is 11. The Morgan fingerprint density at radius 3 is 1.77 bits per heavy atom. The van der Waals surface area contributed by atoms with Crippen LogP contribution in [0, 0.1) is 0 Å². The highest BCUT2D eigenvalue weighted by atomic mass is 16.3. The van der Waals surface area contributed by atoms with E-state index in [9.17, 15) is 0 Å². The molecule has 0 N–H and O–H groups in total. The van der Waals surface area contributed by atoms with Gasteiger partial charge in [-0.3, -0.25) is 0 Å². The molecule has 0 fully saturated rings. The molecule has 310 valence electrons. The third kappa shape index (κ3) is 5.26. The van der Waals surface area contributed by atoms with E-state index in [1.165, 1.54) is 60.0 Å². The lowest BCUT2D eigenvalue weighted by Gasteiger charge is -2.30. The molecule has 0 unspecified atom stereocenters. The van der Waals surface area contributed by atoms with Crippen molar-refractivity contribution in [3.63, 3.8) is 0 Å². The fourth-order valence-electron chi connectivity index (χ4n) is 11.4. The van der Waals surface area contributed by atoms with Crippen molar-refractivity contribution in [3.05, 3.63) is 223 Å². The topological polar surface area (TPSA) is 29.5 Å². The van der Waals surface area contributed by atoms with E-state index in [2.05, 4.69) is 213 Å². The molecule has 66 heavy (non-hydrogen) atoms. The summed E-state index contributed by atoms with van der Waals surface area (Å²) in [5.74, 6) is 0. The van der Waals surface area contributed by atoms with Gasteiger partial charge in [-0.15, -0.1) is 0 Å². The van der Waals surface area contributed by atoms with Crippen molar-refractivity contribution >= 4 is 93.3 Å². The molecule has 14 rings (SSSR count). The maximum absolute atomic E-state index is 6.51. The number of rotatable bonds is 5. The molecule has 3 nitrogen and oxygen atoms in total. The number of hydrogen-bond acceptors (Lipinski definition) is 3. The second kappa shape index (κ2) is 13.8. The molecule has 2 heterocycles. The maximum Gasteiger partial charge on any atom is 0.143 e. The summed E-state index contributed by atoms with van der Waals surface area (Å²) >= 11 is 0. The van der Waals surface area contributed by atoms with Gasteiger partial charge in [-0.05, 0) is 121 Å². The molecule has 0 bridgehead atoms. The maximum atomic E-state index is 6.51. The number of hydrogen-bond donors (Lipinski definition) is 0. The average Bonchev–Trinajstić information content (AvgIpc) is 4.02. The largest absolute Gasteiger partial charge is 0.456 e. The molecule has 0 saturated heterocycles. The molecule has 0 amide bonds. The molecular formula is C63H41NO2. The first kappa shape index (κ1) is 37.0. The van der Waals surface area contributed by atoms with E-state index in [4.69, 9.17) is 8.83 Å². The smallest absolute Gasteiger partial charge is 0.143 e. The minimum absolute atomic E-state index is 0.157.